The first-order chi connectivity index (χ1) is 10.0. The average molecular weight is 344 g/mol. The van der Waals surface area contributed by atoms with Crippen molar-refractivity contribution >= 4 is 46.7 Å². The topological polar surface area (TPSA) is 63.6 Å². The first kappa shape index (κ1) is 15.8. The second kappa shape index (κ2) is 7.40. The Kier molecular flexibility index (Phi) is 5.55. The minimum atomic E-state index is -0.399. The number of ether oxygens (including phenoxy) is 1. The molecule has 0 saturated carbocycles. The molecule has 0 bridgehead atoms. The SMILES string of the molecule is Cc1nc(/C=N\NC(=O)COc2ccc(Cl)cc2Cl)cs1. The summed E-state index contributed by atoms with van der Waals surface area (Å²) in [5.74, 6) is -0.0143. The van der Waals surface area contributed by atoms with Crippen molar-refractivity contribution in [3.8, 4) is 5.75 Å². The molecular formula is C13H11Cl2N3O2S. The second-order valence-corrected chi connectivity index (χ2v) is 5.85. The molecule has 2 aromatic rings. The summed E-state index contributed by atoms with van der Waals surface area (Å²) in [5.41, 5.74) is 3.04. The van der Waals surface area contributed by atoms with E-state index in [0.29, 0.717) is 21.5 Å². The number of hydrazone groups is 1. The molecule has 1 amide bonds. The highest BCUT2D eigenvalue weighted by molar-refractivity contribution is 7.09. The van der Waals surface area contributed by atoms with Crippen LogP contribution in [-0.2, 0) is 4.79 Å². The fraction of sp³-hybridized carbons (Fsp3) is 0.154. The lowest BCUT2D eigenvalue weighted by molar-refractivity contribution is -0.123. The summed E-state index contributed by atoms with van der Waals surface area (Å²) in [6.07, 6.45) is 1.47. The number of thiazole rings is 1. The molecule has 0 fully saturated rings. The van der Waals surface area contributed by atoms with Crippen molar-refractivity contribution in [1.82, 2.24) is 10.4 Å². The number of carbonyl (C=O) groups excluding carboxylic acids is 1. The van der Waals surface area contributed by atoms with Crippen molar-refractivity contribution in [2.75, 3.05) is 6.61 Å². The number of hydrogen-bond donors (Lipinski definition) is 1. The van der Waals surface area contributed by atoms with Crippen molar-refractivity contribution < 1.29 is 9.53 Å². The quantitative estimate of drug-likeness (QED) is 0.669. The van der Waals surface area contributed by atoms with Crippen LogP contribution in [0.5, 0.6) is 5.75 Å². The Morgan fingerprint density at radius 2 is 2.33 bits per heavy atom. The van der Waals surface area contributed by atoms with E-state index in [-0.39, 0.29) is 6.61 Å². The van der Waals surface area contributed by atoms with Crippen LogP contribution in [0.15, 0.2) is 28.7 Å². The normalized spacial score (nSPS) is 10.8. The Balaban J connectivity index is 1.81. The lowest BCUT2D eigenvalue weighted by Gasteiger charge is -2.06. The number of halogens is 2. The molecule has 1 N–H and O–H groups in total. The van der Waals surface area contributed by atoms with E-state index in [1.54, 1.807) is 18.2 Å². The molecule has 0 aliphatic rings. The number of nitrogens with one attached hydrogen (secondary N) is 1. The molecule has 0 aliphatic carbocycles. The van der Waals surface area contributed by atoms with Crippen LogP contribution in [0, 0.1) is 6.92 Å². The zero-order chi connectivity index (χ0) is 15.2. The molecular weight excluding hydrogens is 333 g/mol. The van der Waals surface area contributed by atoms with Gasteiger partial charge in [0.2, 0.25) is 0 Å². The summed E-state index contributed by atoms with van der Waals surface area (Å²) in [6, 6.07) is 4.77. The number of rotatable bonds is 5. The van der Waals surface area contributed by atoms with E-state index in [9.17, 15) is 4.79 Å². The summed E-state index contributed by atoms with van der Waals surface area (Å²) in [7, 11) is 0. The highest BCUT2D eigenvalue weighted by atomic mass is 35.5. The van der Waals surface area contributed by atoms with E-state index in [1.165, 1.54) is 17.6 Å². The Labute approximate surface area is 135 Å². The van der Waals surface area contributed by atoms with Crippen LogP contribution in [0.4, 0.5) is 0 Å². The van der Waals surface area contributed by atoms with Gasteiger partial charge in [-0.05, 0) is 25.1 Å². The maximum Gasteiger partial charge on any atom is 0.277 e. The van der Waals surface area contributed by atoms with Crippen LogP contribution >= 0.6 is 34.5 Å². The molecule has 0 radical (unpaired) electrons. The minimum Gasteiger partial charge on any atom is -0.482 e. The van der Waals surface area contributed by atoms with Crippen LogP contribution in [0.3, 0.4) is 0 Å². The highest BCUT2D eigenvalue weighted by Crippen LogP contribution is 2.27. The monoisotopic (exact) mass is 343 g/mol. The van der Waals surface area contributed by atoms with Gasteiger partial charge in [0.25, 0.3) is 5.91 Å². The summed E-state index contributed by atoms with van der Waals surface area (Å²) in [4.78, 5) is 15.7. The van der Waals surface area contributed by atoms with Gasteiger partial charge in [0, 0.05) is 10.4 Å². The van der Waals surface area contributed by atoms with Crippen LogP contribution in [0.25, 0.3) is 0 Å². The van der Waals surface area contributed by atoms with Gasteiger partial charge in [-0.25, -0.2) is 10.4 Å². The van der Waals surface area contributed by atoms with Gasteiger partial charge in [0.15, 0.2) is 6.61 Å². The van der Waals surface area contributed by atoms with Gasteiger partial charge in [0.1, 0.15) is 5.75 Å². The summed E-state index contributed by atoms with van der Waals surface area (Å²) in [6.45, 7) is 1.69. The number of benzene rings is 1. The third-order valence-electron chi connectivity index (χ3n) is 2.28. The van der Waals surface area contributed by atoms with Gasteiger partial charge in [-0.1, -0.05) is 23.2 Å². The number of carbonyl (C=O) groups is 1. The van der Waals surface area contributed by atoms with Gasteiger partial charge < -0.3 is 4.74 Å². The lowest BCUT2D eigenvalue weighted by Crippen LogP contribution is -2.24. The number of hydrogen-bond acceptors (Lipinski definition) is 5. The molecule has 21 heavy (non-hydrogen) atoms. The van der Waals surface area contributed by atoms with Crippen molar-refractivity contribution in [1.29, 1.82) is 0 Å². The van der Waals surface area contributed by atoms with E-state index >= 15 is 0 Å². The first-order valence-electron chi connectivity index (χ1n) is 5.86. The van der Waals surface area contributed by atoms with Gasteiger partial charge in [-0.2, -0.15) is 5.10 Å². The molecule has 2 rings (SSSR count). The van der Waals surface area contributed by atoms with Crippen molar-refractivity contribution in [3.63, 3.8) is 0 Å². The predicted octanol–water partition coefficient (Wildman–Crippen LogP) is 3.29. The molecule has 0 unspecified atom stereocenters. The van der Waals surface area contributed by atoms with Crippen LogP contribution in [0.1, 0.15) is 10.7 Å². The van der Waals surface area contributed by atoms with E-state index in [4.69, 9.17) is 27.9 Å². The molecule has 0 spiro atoms. The Hall–Kier alpha value is -1.63. The molecule has 1 aromatic heterocycles. The summed E-state index contributed by atoms with van der Waals surface area (Å²) < 4.78 is 5.27. The summed E-state index contributed by atoms with van der Waals surface area (Å²) >= 11 is 13.2. The zero-order valence-corrected chi connectivity index (χ0v) is 13.3. The molecule has 1 heterocycles. The molecule has 0 atom stereocenters. The fourth-order valence-corrected chi connectivity index (χ4v) is 2.40. The van der Waals surface area contributed by atoms with Crippen LogP contribution in [0.2, 0.25) is 10.0 Å². The van der Waals surface area contributed by atoms with Gasteiger partial charge in [-0.15, -0.1) is 11.3 Å². The highest BCUT2D eigenvalue weighted by Gasteiger charge is 2.05. The maximum atomic E-state index is 11.6. The number of aryl methyl sites for hydroxylation is 1. The number of nitrogens with zero attached hydrogens (tertiary/aromatic N) is 2. The third-order valence-corrected chi connectivity index (χ3v) is 3.60. The zero-order valence-electron chi connectivity index (χ0n) is 11.0. The molecule has 0 aliphatic heterocycles. The maximum absolute atomic E-state index is 11.6. The minimum absolute atomic E-state index is 0.200. The van der Waals surface area contributed by atoms with Gasteiger partial charge in [0.05, 0.1) is 21.9 Å². The summed E-state index contributed by atoms with van der Waals surface area (Å²) in [5, 5.41) is 7.41. The van der Waals surface area contributed by atoms with E-state index in [2.05, 4.69) is 15.5 Å². The van der Waals surface area contributed by atoms with Gasteiger partial charge >= 0.3 is 0 Å². The lowest BCUT2D eigenvalue weighted by atomic mass is 10.3. The molecule has 1 aromatic carbocycles. The Morgan fingerprint density at radius 1 is 1.52 bits per heavy atom. The Morgan fingerprint density at radius 3 is 3.00 bits per heavy atom. The number of aromatic nitrogens is 1. The molecule has 0 saturated heterocycles. The number of amides is 1. The fourth-order valence-electron chi connectivity index (χ4n) is 1.38. The van der Waals surface area contributed by atoms with Gasteiger partial charge in [-0.3, -0.25) is 4.79 Å². The largest absolute Gasteiger partial charge is 0.482 e. The molecule has 110 valence electrons. The van der Waals surface area contributed by atoms with E-state index in [1.807, 2.05) is 12.3 Å². The Bertz CT molecular complexity index is 673. The van der Waals surface area contributed by atoms with Crippen LogP contribution in [-0.4, -0.2) is 23.7 Å². The van der Waals surface area contributed by atoms with Crippen molar-refractivity contribution in [2.24, 2.45) is 5.10 Å². The average Bonchev–Trinajstić information content (AvgIpc) is 2.83. The standard InChI is InChI=1S/C13H11Cl2N3O2S/c1-8-17-10(7-21-8)5-16-18-13(19)6-20-12-3-2-9(14)4-11(12)15/h2-5,7H,6H2,1H3,(H,18,19)/b16-5-. The third kappa shape index (κ3) is 5.00. The van der Waals surface area contributed by atoms with E-state index < -0.39 is 5.91 Å². The predicted molar refractivity (Wildman–Crippen MR) is 84.5 cm³/mol. The molecule has 8 heteroatoms. The molecule has 5 nitrogen and oxygen atoms in total. The van der Waals surface area contributed by atoms with Crippen molar-refractivity contribution in [3.05, 3.63) is 44.3 Å². The van der Waals surface area contributed by atoms with E-state index in [0.717, 1.165) is 5.01 Å². The second-order valence-electron chi connectivity index (χ2n) is 3.95. The smallest absolute Gasteiger partial charge is 0.277 e. The van der Waals surface area contributed by atoms with Crippen molar-refractivity contribution in [2.45, 2.75) is 6.92 Å². The first-order valence-corrected chi connectivity index (χ1v) is 7.50. The van der Waals surface area contributed by atoms with Crippen LogP contribution < -0.4 is 10.2 Å².